The molecule has 0 radical (unpaired) electrons. The summed E-state index contributed by atoms with van der Waals surface area (Å²) in [5.41, 5.74) is 1.97. The zero-order chi connectivity index (χ0) is 14.5. The summed E-state index contributed by atoms with van der Waals surface area (Å²) in [6, 6.07) is 5.87. The maximum atomic E-state index is 10.3. The molecule has 4 heteroatoms. The number of rotatable bonds is 7. The molecule has 1 atom stereocenters. The molecule has 1 aromatic rings. The first-order valence-electron chi connectivity index (χ1n) is 6.48. The third-order valence-corrected chi connectivity index (χ3v) is 4.43. The molecule has 0 spiro atoms. The van der Waals surface area contributed by atoms with Gasteiger partial charge in [-0.2, -0.15) is 11.8 Å². The fourth-order valence-corrected chi connectivity index (χ4v) is 2.05. The number of aryl methyl sites for hydroxylation is 1. The highest BCUT2D eigenvalue weighted by Gasteiger charge is 2.17. The number of methoxy groups -OCH3 is 1. The predicted octanol–water partition coefficient (Wildman–Crippen LogP) is 2.77. The second-order valence-corrected chi connectivity index (χ2v) is 6.87. The van der Waals surface area contributed by atoms with Crippen LogP contribution < -0.4 is 10.1 Å². The van der Waals surface area contributed by atoms with Crippen LogP contribution in [0.25, 0.3) is 0 Å². The van der Waals surface area contributed by atoms with Crippen LogP contribution in [0.1, 0.15) is 31.1 Å². The van der Waals surface area contributed by atoms with Gasteiger partial charge in [-0.3, -0.25) is 0 Å². The summed E-state index contributed by atoms with van der Waals surface area (Å²) in [6.07, 6.45) is 1.55. The van der Waals surface area contributed by atoms with E-state index in [9.17, 15) is 5.11 Å². The third kappa shape index (κ3) is 5.05. The average molecular weight is 283 g/mol. The molecule has 0 bridgehead atoms. The molecule has 0 amide bonds. The molecule has 19 heavy (non-hydrogen) atoms. The molecule has 0 aliphatic carbocycles. The van der Waals surface area contributed by atoms with Crippen molar-refractivity contribution in [1.29, 1.82) is 0 Å². The molecular weight excluding hydrogens is 258 g/mol. The summed E-state index contributed by atoms with van der Waals surface area (Å²) in [7, 11) is 1.63. The minimum absolute atomic E-state index is 0.177. The topological polar surface area (TPSA) is 41.5 Å². The van der Waals surface area contributed by atoms with E-state index in [1.54, 1.807) is 7.11 Å². The Bertz CT molecular complexity index is 407. The number of hydrogen-bond donors (Lipinski definition) is 2. The highest BCUT2D eigenvalue weighted by Crippen LogP contribution is 2.26. The van der Waals surface area contributed by atoms with Crippen molar-refractivity contribution in [3.8, 4) is 5.75 Å². The Morgan fingerprint density at radius 1 is 1.42 bits per heavy atom. The van der Waals surface area contributed by atoms with E-state index in [2.05, 4.69) is 25.4 Å². The van der Waals surface area contributed by atoms with E-state index in [1.165, 1.54) is 0 Å². The highest BCUT2D eigenvalue weighted by molar-refractivity contribution is 7.99. The molecule has 0 fully saturated rings. The lowest BCUT2D eigenvalue weighted by atomic mass is 10.0. The van der Waals surface area contributed by atoms with E-state index in [4.69, 9.17) is 4.74 Å². The van der Waals surface area contributed by atoms with Gasteiger partial charge in [-0.25, -0.2) is 0 Å². The number of ether oxygens (including phenoxy) is 1. The monoisotopic (exact) mass is 283 g/mol. The largest absolute Gasteiger partial charge is 0.496 e. The lowest BCUT2D eigenvalue weighted by molar-refractivity contribution is 0.170. The summed E-state index contributed by atoms with van der Waals surface area (Å²) in [5, 5.41) is 13.6. The van der Waals surface area contributed by atoms with Crippen LogP contribution in [0.5, 0.6) is 5.75 Å². The minimum Gasteiger partial charge on any atom is -0.496 e. The van der Waals surface area contributed by atoms with Crippen LogP contribution in [0, 0.1) is 6.92 Å². The molecule has 1 rings (SSSR count). The van der Waals surface area contributed by atoms with Crippen molar-refractivity contribution < 1.29 is 9.84 Å². The van der Waals surface area contributed by atoms with Gasteiger partial charge in [0.05, 0.1) is 13.2 Å². The van der Waals surface area contributed by atoms with Crippen LogP contribution in [0.15, 0.2) is 18.2 Å². The van der Waals surface area contributed by atoms with Gasteiger partial charge < -0.3 is 15.2 Å². The molecule has 0 aliphatic heterocycles. The number of hydrogen-bond acceptors (Lipinski definition) is 4. The summed E-state index contributed by atoms with van der Waals surface area (Å²) in [5.74, 6) is 0.740. The number of benzene rings is 1. The summed E-state index contributed by atoms with van der Waals surface area (Å²) < 4.78 is 5.47. The van der Waals surface area contributed by atoms with Crippen LogP contribution in [-0.4, -0.2) is 36.3 Å². The van der Waals surface area contributed by atoms with E-state index in [-0.39, 0.29) is 4.75 Å². The van der Waals surface area contributed by atoms with E-state index in [0.29, 0.717) is 6.54 Å². The summed E-state index contributed by atoms with van der Waals surface area (Å²) in [4.78, 5) is 0. The molecule has 3 nitrogen and oxygen atoms in total. The number of nitrogens with one attached hydrogen (secondary N) is 1. The molecule has 0 aliphatic rings. The lowest BCUT2D eigenvalue weighted by Gasteiger charge is -2.24. The molecule has 1 unspecified atom stereocenters. The molecule has 0 saturated heterocycles. The SMILES string of the molecule is COc1ccc(C)cc1C(O)CNCC(C)(C)SC. The first-order valence-corrected chi connectivity index (χ1v) is 7.70. The molecule has 0 aromatic heterocycles. The van der Waals surface area contributed by atoms with Gasteiger partial charge >= 0.3 is 0 Å². The fraction of sp³-hybridized carbons (Fsp3) is 0.600. The van der Waals surface area contributed by atoms with Gasteiger partial charge in [-0.15, -0.1) is 0 Å². The smallest absolute Gasteiger partial charge is 0.124 e. The number of aliphatic hydroxyl groups is 1. The molecule has 108 valence electrons. The van der Waals surface area contributed by atoms with Gasteiger partial charge in [0.15, 0.2) is 0 Å². The minimum atomic E-state index is -0.549. The van der Waals surface area contributed by atoms with E-state index in [1.807, 2.05) is 36.9 Å². The van der Waals surface area contributed by atoms with Crippen LogP contribution in [0.3, 0.4) is 0 Å². The maximum Gasteiger partial charge on any atom is 0.124 e. The van der Waals surface area contributed by atoms with Gasteiger partial charge in [0, 0.05) is 23.4 Å². The zero-order valence-corrected chi connectivity index (χ0v) is 13.3. The standard InChI is InChI=1S/C15H25NO2S/c1-11-6-7-14(18-4)12(8-11)13(17)9-16-10-15(2,3)19-5/h6-8,13,16-17H,9-10H2,1-5H3. The Morgan fingerprint density at radius 3 is 2.68 bits per heavy atom. The van der Waals surface area contributed by atoms with Crippen molar-refractivity contribution in [1.82, 2.24) is 5.32 Å². The maximum absolute atomic E-state index is 10.3. The van der Waals surface area contributed by atoms with Crippen LogP contribution in [-0.2, 0) is 0 Å². The number of thioether (sulfide) groups is 1. The summed E-state index contributed by atoms with van der Waals surface area (Å²) >= 11 is 1.82. The molecular formula is C15H25NO2S. The quantitative estimate of drug-likeness (QED) is 0.807. The van der Waals surface area contributed by atoms with E-state index in [0.717, 1.165) is 23.4 Å². The van der Waals surface area contributed by atoms with Crippen molar-refractivity contribution in [3.63, 3.8) is 0 Å². The Morgan fingerprint density at radius 2 is 2.11 bits per heavy atom. The van der Waals surface area contributed by atoms with Crippen LogP contribution in [0.2, 0.25) is 0 Å². The van der Waals surface area contributed by atoms with Crippen molar-refractivity contribution in [3.05, 3.63) is 29.3 Å². The first-order chi connectivity index (χ1) is 8.89. The second-order valence-electron chi connectivity index (χ2n) is 5.36. The van der Waals surface area contributed by atoms with Gasteiger partial charge in [0.1, 0.15) is 5.75 Å². The Labute approximate surface area is 120 Å². The van der Waals surface area contributed by atoms with Crippen LogP contribution >= 0.6 is 11.8 Å². The fourth-order valence-electron chi connectivity index (χ4n) is 1.81. The van der Waals surface area contributed by atoms with Crippen molar-refractivity contribution in [2.75, 3.05) is 26.5 Å². The summed E-state index contributed by atoms with van der Waals surface area (Å²) in [6.45, 7) is 7.78. The first kappa shape index (κ1) is 16.3. The predicted molar refractivity (Wildman–Crippen MR) is 83.2 cm³/mol. The number of aliphatic hydroxyl groups excluding tert-OH is 1. The van der Waals surface area contributed by atoms with E-state index < -0.39 is 6.10 Å². The molecule has 1 aromatic carbocycles. The average Bonchev–Trinajstić information content (AvgIpc) is 2.38. The zero-order valence-electron chi connectivity index (χ0n) is 12.5. The Kier molecular flexibility index (Phi) is 6.17. The van der Waals surface area contributed by atoms with Crippen molar-refractivity contribution >= 4 is 11.8 Å². The lowest BCUT2D eigenvalue weighted by Crippen LogP contribution is -2.34. The molecule has 0 saturated carbocycles. The van der Waals surface area contributed by atoms with Gasteiger partial charge in [-0.1, -0.05) is 11.6 Å². The highest BCUT2D eigenvalue weighted by atomic mass is 32.2. The third-order valence-electron chi connectivity index (χ3n) is 3.19. The second kappa shape index (κ2) is 7.17. The van der Waals surface area contributed by atoms with Gasteiger partial charge in [-0.05, 0) is 39.2 Å². The normalized spacial score (nSPS) is 13.4. The van der Waals surface area contributed by atoms with Gasteiger partial charge in [0.25, 0.3) is 0 Å². The Hall–Kier alpha value is -0.710. The van der Waals surface area contributed by atoms with Crippen molar-refractivity contribution in [2.24, 2.45) is 0 Å². The molecule has 2 N–H and O–H groups in total. The van der Waals surface area contributed by atoms with E-state index >= 15 is 0 Å². The van der Waals surface area contributed by atoms with Gasteiger partial charge in [0.2, 0.25) is 0 Å². The van der Waals surface area contributed by atoms with Crippen LogP contribution in [0.4, 0.5) is 0 Å². The van der Waals surface area contributed by atoms with Crippen molar-refractivity contribution in [2.45, 2.75) is 31.6 Å². The molecule has 0 heterocycles. The Balaban J connectivity index is 2.63.